The number of carbonyl (C=O) groups excluding carboxylic acids is 1. The van der Waals surface area contributed by atoms with Crippen molar-refractivity contribution in [2.75, 3.05) is 16.8 Å². The number of hydrogen-bond donors (Lipinski definition) is 1. The maximum Gasteiger partial charge on any atom is 0.229 e. The van der Waals surface area contributed by atoms with E-state index in [1.165, 1.54) is 31.4 Å². The lowest BCUT2D eigenvalue weighted by Crippen LogP contribution is -2.39. The minimum absolute atomic E-state index is 0.0552. The number of carbonyl (C=O) groups is 1. The van der Waals surface area contributed by atoms with Gasteiger partial charge in [0.15, 0.2) is 0 Å². The molecule has 2 rings (SSSR count). The monoisotopic (exact) mass is 288 g/mol. The molecule has 1 N–H and O–H groups in total. The molecule has 1 saturated heterocycles. The first-order valence-electron chi connectivity index (χ1n) is 8.10. The van der Waals surface area contributed by atoms with Crippen LogP contribution in [0.5, 0.6) is 0 Å². The highest BCUT2D eigenvalue weighted by atomic mass is 16.2. The predicted molar refractivity (Wildman–Crippen MR) is 89.8 cm³/mol. The second-order valence-electron chi connectivity index (χ2n) is 7.00. The van der Waals surface area contributed by atoms with E-state index < -0.39 is 0 Å². The van der Waals surface area contributed by atoms with Crippen molar-refractivity contribution in [3.05, 3.63) is 24.3 Å². The summed E-state index contributed by atoms with van der Waals surface area (Å²) in [6.07, 6.45) is 5.11. The molecule has 0 aromatic heterocycles. The number of amides is 1. The van der Waals surface area contributed by atoms with Crippen molar-refractivity contribution in [1.29, 1.82) is 0 Å². The van der Waals surface area contributed by atoms with Crippen LogP contribution in [0.1, 0.15) is 53.4 Å². The van der Waals surface area contributed by atoms with Gasteiger partial charge < -0.3 is 10.2 Å². The van der Waals surface area contributed by atoms with Gasteiger partial charge in [-0.2, -0.15) is 0 Å². The molecule has 0 aliphatic carbocycles. The molecule has 116 valence electrons. The van der Waals surface area contributed by atoms with Crippen LogP contribution >= 0.6 is 0 Å². The van der Waals surface area contributed by atoms with E-state index in [0.29, 0.717) is 6.04 Å². The topological polar surface area (TPSA) is 32.3 Å². The van der Waals surface area contributed by atoms with Gasteiger partial charge in [0.2, 0.25) is 5.91 Å². The Bertz CT molecular complexity index is 473. The zero-order valence-corrected chi connectivity index (χ0v) is 13.8. The molecule has 1 aromatic carbocycles. The number of piperidine rings is 1. The highest BCUT2D eigenvalue weighted by Crippen LogP contribution is 2.28. The van der Waals surface area contributed by atoms with Crippen LogP contribution in [0.3, 0.4) is 0 Å². The molecule has 1 aromatic rings. The van der Waals surface area contributed by atoms with Crippen LogP contribution in [0.25, 0.3) is 0 Å². The Balaban J connectivity index is 2.06. The van der Waals surface area contributed by atoms with Crippen LogP contribution in [0.15, 0.2) is 24.3 Å². The molecule has 1 unspecified atom stereocenters. The maximum atomic E-state index is 12.0. The molecule has 1 fully saturated rings. The molecule has 1 amide bonds. The second kappa shape index (κ2) is 6.50. The molecule has 3 heteroatoms. The minimum Gasteiger partial charge on any atom is -0.369 e. The summed E-state index contributed by atoms with van der Waals surface area (Å²) in [6, 6.07) is 8.95. The van der Waals surface area contributed by atoms with Gasteiger partial charge in [-0.3, -0.25) is 4.79 Å². The highest BCUT2D eigenvalue weighted by molar-refractivity contribution is 5.94. The largest absolute Gasteiger partial charge is 0.369 e. The molecule has 1 atom stereocenters. The van der Waals surface area contributed by atoms with Crippen LogP contribution in [0, 0.1) is 5.41 Å². The van der Waals surface area contributed by atoms with Gasteiger partial charge in [0, 0.05) is 29.4 Å². The normalized spacial score (nSPS) is 19.4. The summed E-state index contributed by atoms with van der Waals surface area (Å²) in [5, 5.41) is 2.98. The van der Waals surface area contributed by atoms with Crippen molar-refractivity contribution in [2.45, 2.75) is 59.4 Å². The standard InChI is InChI=1S/C18H28N2O/c1-5-15-8-6-7-13-20(15)16-11-9-14(10-12-16)19-17(21)18(2,3)4/h9-12,15H,5-8,13H2,1-4H3,(H,19,21). The van der Waals surface area contributed by atoms with E-state index in [9.17, 15) is 4.79 Å². The molecule has 1 aliphatic heterocycles. The Morgan fingerprint density at radius 2 is 1.90 bits per heavy atom. The van der Waals surface area contributed by atoms with Crippen molar-refractivity contribution in [2.24, 2.45) is 5.41 Å². The fourth-order valence-corrected chi connectivity index (χ4v) is 2.82. The molecule has 0 saturated carbocycles. The lowest BCUT2D eigenvalue weighted by molar-refractivity contribution is -0.123. The Morgan fingerprint density at radius 1 is 1.24 bits per heavy atom. The Labute approximate surface area is 128 Å². The molecule has 0 spiro atoms. The number of benzene rings is 1. The molecule has 1 aliphatic rings. The summed E-state index contributed by atoms with van der Waals surface area (Å²) < 4.78 is 0. The van der Waals surface area contributed by atoms with E-state index in [1.54, 1.807) is 0 Å². The molecule has 3 nitrogen and oxygen atoms in total. The predicted octanol–water partition coefficient (Wildman–Crippen LogP) is 4.44. The number of rotatable bonds is 3. The van der Waals surface area contributed by atoms with Crippen LogP contribution in [0.4, 0.5) is 11.4 Å². The van der Waals surface area contributed by atoms with E-state index >= 15 is 0 Å². The van der Waals surface area contributed by atoms with Gasteiger partial charge in [-0.05, 0) is 49.9 Å². The van der Waals surface area contributed by atoms with Gasteiger partial charge in [-0.25, -0.2) is 0 Å². The van der Waals surface area contributed by atoms with E-state index in [1.807, 2.05) is 32.9 Å². The van der Waals surface area contributed by atoms with Crippen LogP contribution in [-0.2, 0) is 4.79 Å². The molecule has 21 heavy (non-hydrogen) atoms. The van der Waals surface area contributed by atoms with E-state index in [0.717, 1.165) is 12.2 Å². The van der Waals surface area contributed by atoms with Crippen molar-refractivity contribution in [1.82, 2.24) is 0 Å². The lowest BCUT2D eigenvalue weighted by atomic mass is 9.95. The quantitative estimate of drug-likeness (QED) is 0.891. The van der Waals surface area contributed by atoms with Crippen LogP contribution < -0.4 is 10.2 Å². The third kappa shape index (κ3) is 3.99. The van der Waals surface area contributed by atoms with Gasteiger partial charge in [0.05, 0.1) is 0 Å². The molecule has 1 heterocycles. The first-order valence-corrected chi connectivity index (χ1v) is 8.10. The molecular formula is C18H28N2O. The van der Waals surface area contributed by atoms with Gasteiger partial charge in [0.25, 0.3) is 0 Å². The van der Waals surface area contributed by atoms with Crippen LogP contribution in [0.2, 0.25) is 0 Å². The number of anilines is 2. The zero-order valence-electron chi connectivity index (χ0n) is 13.8. The van der Waals surface area contributed by atoms with E-state index in [4.69, 9.17) is 0 Å². The summed E-state index contributed by atoms with van der Waals surface area (Å²) in [4.78, 5) is 14.5. The maximum absolute atomic E-state index is 12.0. The summed E-state index contributed by atoms with van der Waals surface area (Å²) >= 11 is 0. The molecule has 0 bridgehead atoms. The molecular weight excluding hydrogens is 260 g/mol. The van der Waals surface area contributed by atoms with E-state index in [2.05, 4.69) is 29.3 Å². The van der Waals surface area contributed by atoms with Gasteiger partial charge in [-0.1, -0.05) is 27.7 Å². The summed E-state index contributed by atoms with van der Waals surface area (Å²) in [7, 11) is 0. The van der Waals surface area contributed by atoms with Gasteiger partial charge in [0.1, 0.15) is 0 Å². The number of nitrogens with zero attached hydrogens (tertiary/aromatic N) is 1. The Morgan fingerprint density at radius 3 is 2.48 bits per heavy atom. The van der Waals surface area contributed by atoms with Gasteiger partial charge >= 0.3 is 0 Å². The van der Waals surface area contributed by atoms with Crippen molar-refractivity contribution >= 4 is 17.3 Å². The van der Waals surface area contributed by atoms with Crippen molar-refractivity contribution in [3.8, 4) is 0 Å². The summed E-state index contributed by atoms with van der Waals surface area (Å²) in [5.74, 6) is 0.0552. The van der Waals surface area contributed by atoms with Crippen molar-refractivity contribution < 1.29 is 4.79 Å². The summed E-state index contributed by atoms with van der Waals surface area (Å²) in [6.45, 7) is 9.19. The first-order chi connectivity index (χ1) is 9.91. The van der Waals surface area contributed by atoms with Crippen molar-refractivity contribution in [3.63, 3.8) is 0 Å². The second-order valence-corrected chi connectivity index (χ2v) is 7.00. The minimum atomic E-state index is -0.362. The smallest absolute Gasteiger partial charge is 0.229 e. The molecule has 0 radical (unpaired) electrons. The number of hydrogen-bond acceptors (Lipinski definition) is 2. The third-order valence-electron chi connectivity index (χ3n) is 4.24. The number of nitrogens with one attached hydrogen (secondary N) is 1. The third-order valence-corrected chi connectivity index (χ3v) is 4.24. The average molecular weight is 288 g/mol. The van der Waals surface area contributed by atoms with Gasteiger partial charge in [-0.15, -0.1) is 0 Å². The highest BCUT2D eigenvalue weighted by Gasteiger charge is 2.22. The lowest BCUT2D eigenvalue weighted by Gasteiger charge is -2.37. The summed E-state index contributed by atoms with van der Waals surface area (Å²) in [5.41, 5.74) is 1.79. The zero-order chi connectivity index (χ0) is 15.5. The SMILES string of the molecule is CCC1CCCCN1c1ccc(NC(=O)C(C)(C)C)cc1. The first kappa shape index (κ1) is 15.9. The fourth-order valence-electron chi connectivity index (χ4n) is 2.82. The average Bonchev–Trinajstić information content (AvgIpc) is 2.47. The fraction of sp³-hybridized carbons (Fsp3) is 0.611. The Hall–Kier alpha value is -1.51. The van der Waals surface area contributed by atoms with E-state index in [-0.39, 0.29) is 11.3 Å². The Kier molecular flexibility index (Phi) is 4.92. The van der Waals surface area contributed by atoms with Crippen LogP contribution in [-0.4, -0.2) is 18.5 Å².